The fraction of sp³-hybridized carbons (Fsp3) is 0.500. The summed E-state index contributed by atoms with van der Waals surface area (Å²) < 4.78 is 27.2. The number of aryl methyl sites for hydroxylation is 1. The number of sulfonamides is 1. The fourth-order valence-electron chi connectivity index (χ4n) is 2.49. The quantitative estimate of drug-likeness (QED) is 0.888. The van der Waals surface area contributed by atoms with Crippen LogP contribution in [0.2, 0.25) is 5.02 Å². The highest BCUT2D eigenvalue weighted by Crippen LogP contribution is 2.26. The van der Waals surface area contributed by atoms with Gasteiger partial charge in [-0.25, -0.2) is 13.1 Å². The van der Waals surface area contributed by atoms with Gasteiger partial charge < -0.3 is 5.11 Å². The molecule has 0 bridgehead atoms. The van der Waals surface area contributed by atoms with Gasteiger partial charge >= 0.3 is 5.97 Å². The highest BCUT2D eigenvalue weighted by Gasteiger charge is 2.28. The lowest BCUT2D eigenvalue weighted by atomic mass is 9.87. The Morgan fingerprint density at radius 3 is 2.43 bits per heavy atom. The first kappa shape index (κ1) is 16.3. The van der Waals surface area contributed by atoms with Gasteiger partial charge in [-0.2, -0.15) is 0 Å². The highest BCUT2D eigenvalue weighted by molar-refractivity contribution is 7.89. The molecular weight excluding hydrogens is 314 g/mol. The molecule has 1 aliphatic rings. The van der Waals surface area contributed by atoms with Crippen molar-refractivity contribution in [2.24, 2.45) is 5.92 Å². The predicted molar refractivity (Wildman–Crippen MR) is 79.9 cm³/mol. The van der Waals surface area contributed by atoms with Gasteiger partial charge in [-0.1, -0.05) is 17.7 Å². The van der Waals surface area contributed by atoms with E-state index in [-0.39, 0.29) is 16.9 Å². The van der Waals surface area contributed by atoms with Gasteiger partial charge in [0.1, 0.15) is 0 Å². The first-order chi connectivity index (χ1) is 9.79. The zero-order valence-corrected chi connectivity index (χ0v) is 13.2. The number of carboxylic acids is 1. The lowest BCUT2D eigenvalue weighted by Crippen LogP contribution is -2.38. The lowest BCUT2D eigenvalue weighted by molar-refractivity contribution is -0.142. The molecule has 0 aromatic heterocycles. The molecule has 0 atom stereocenters. The molecule has 0 heterocycles. The topological polar surface area (TPSA) is 83.5 Å². The largest absolute Gasteiger partial charge is 0.481 e. The Labute approximate surface area is 129 Å². The van der Waals surface area contributed by atoms with Gasteiger partial charge in [-0.05, 0) is 50.3 Å². The van der Waals surface area contributed by atoms with Crippen LogP contribution in [0.25, 0.3) is 0 Å². The maximum Gasteiger partial charge on any atom is 0.306 e. The summed E-state index contributed by atoms with van der Waals surface area (Å²) in [5, 5.41) is 9.35. The number of benzene rings is 1. The molecule has 0 radical (unpaired) electrons. The van der Waals surface area contributed by atoms with E-state index < -0.39 is 16.0 Å². The first-order valence-corrected chi connectivity index (χ1v) is 8.67. The molecular formula is C14H18ClNO4S. The Bertz CT molecular complexity index is 636. The summed E-state index contributed by atoms with van der Waals surface area (Å²) in [6.07, 6.45) is 2.07. The van der Waals surface area contributed by atoms with Crippen LogP contribution in [0.1, 0.15) is 31.2 Å². The molecule has 7 heteroatoms. The second-order valence-corrected chi connectivity index (χ2v) is 7.54. The number of hydrogen-bond acceptors (Lipinski definition) is 3. The minimum absolute atomic E-state index is 0.137. The maximum absolute atomic E-state index is 12.3. The molecule has 1 saturated carbocycles. The van der Waals surface area contributed by atoms with Crippen LogP contribution in [-0.2, 0) is 14.8 Å². The van der Waals surface area contributed by atoms with E-state index in [4.69, 9.17) is 16.7 Å². The summed E-state index contributed by atoms with van der Waals surface area (Å²) in [5.41, 5.74) is 0.817. The molecule has 21 heavy (non-hydrogen) atoms. The molecule has 2 rings (SSSR count). The van der Waals surface area contributed by atoms with Gasteiger partial charge in [-0.3, -0.25) is 4.79 Å². The first-order valence-electron chi connectivity index (χ1n) is 6.81. The second-order valence-electron chi connectivity index (χ2n) is 5.42. The number of aliphatic carboxylic acids is 1. The smallest absolute Gasteiger partial charge is 0.306 e. The SMILES string of the molecule is Cc1ccc(S(=O)(=O)NC2CCC(C(=O)O)CC2)cc1Cl. The summed E-state index contributed by atoms with van der Waals surface area (Å²) in [4.78, 5) is 11.0. The molecule has 2 N–H and O–H groups in total. The third-order valence-corrected chi connectivity index (χ3v) is 5.78. The number of carbonyl (C=O) groups is 1. The second kappa shape index (κ2) is 6.34. The van der Waals surface area contributed by atoms with Crippen molar-refractivity contribution in [1.29, 1.82) is 0 Å². The highest BCUT2D eigenvalue weighted by atomic mass is 35.5. The Hall–Kier alpha value is -1.11. The van der Waals surface area contributed by atoms with E-state index in [1.807, 2.05) is 0 Å². The van der Waals surface area contributed by atoms with Crippen molar-refractivity contribution in [3.8, 4) is 0 Å². The Morgan fingerprint density at radius 2 is 1.90 bits per heavy atom. The molecule has 1 aromatic rings. The predicted octanol–water partition coefficient (Wildman–Crippen LogP) is 2.57. The summed E-state index contributed by atoms with van der Waals surface area (Å²) in [7, 11) is -3.62. The van der Waals surface area contributed by atoms with Crippen molar-refractivity contribution in [3.63, 3.8) is 0 Å². The van der Waals surface area contributed by atoms with Crippen molar-refractivity contribution < 1.29 is 18.3 Å². The molecule has 0 spiro atoms. The summed E-state index contributed by atoms with van der Waals surface area (Å²) >= 11 is 5.96. The molecule has 1 fully saturated rings. The van der Waals surface area contributed by atoms with E-state index in [0.29, 0.717) is 30.7 Å². The maximum atomic E-state index is 12.3. The van der Waals surface area contributed by atoms with Gasteiger partial charge in [0, 0.05) is 11.1 Å². The molecule has 1 aromatic carbocycles. The van der Waals surface area contributed by atoms with Crippen molar-refractivity contribution in [3.05, 3.63) is 28.8 Å². The lowest BCUT2D eigenvalue weighted by Gasteiger charge is -2.26. The van der Waals surface area contributed by atoms with Crippen LogP contribution in [0.15, 0.2) is 23.1 Å². The van der Waals surface area contributed by atoms with Crippen molar-refractivity contribution in [2.45, 2.75) is 43.5 Å². The molecule has 116 valence electrons. The van der Waals surface area contributed by atoms with Crippen molar-refractivity contribution in [1.82, 2.24) is 4.72 Å². The summed E-state index contributed by atoms with van der Waals surface area (Å²) in [6, 6.07) is 4.40. The van der Waals surface area contributed by atoms with Gasteiger partial charge in [0.15, 0.2) is 0 Å². The van der Waals surface area contributed by atoms with Crippen molar-refractivity contribution in [2.75, 3.05) is 0 Å². The van der Waals surface area contributed by atoms with Gasteiger partial charge in [-0.15, -0.1) is 0 Å². The van der Waals surface area contributed by atoms with E-state index in [9.17, 15) is 13.2 Å². The molecule has 1 aliphatic carbocycles. The molecule has 5 nitrogen and oxygen atoms in total. The third-order valence-electron chi connectivity index (χ3n) is 3.85. The van der Waals surface area contributed by atoms with E-state index in [1.54, 1.807) is 13.0 Å². The molecule has 0 aliphatic heterocycles. The summed E-state index contributed by atoms with van der Waals surface area (Å²) in [5.74, 6) is -1.17. The minimum Gasteiger partial charge on any atom is -0.481 e. The zero-order chi connectivity index (χ0) is 15.6. The van der Waals surface area contributed by atoms with E-state index in [0.717, 1.165) is 5.56 Å². The average Bonchev–Trinajstić information content (AvgIpc) is 2.42. The Balaban J connectivity index is 2.05. The standard InChI is InChI=1S/C14H18ClNO4S/c1-9-2-7-12(8-13(9)15)21(19,20)16-11-5-3-10(4-6-11)14(17)18/h2,7-8,10-11,16H,3-6H2,1H3,(H,17,18). The normalized spacial score (nSPS) is 23.0. The number of nitrogens with one attached hydrogen (secondary N) is 1. The molecule has 0 unspecified atom stereocenters. The van der Waals surface area contributed by atoms with Gasteiger partial charge in [0.2, 0.25) is 10.0 Å². The molecule has 0 amide bonds. The zero-order valence-electron chi connectivity index (χ0n) is 11.7. The van der Waals surface area contributed by atoms with E-state index in [2.05, 4.69) is 4.72 Å². The Morgan fingerprint density at radius 1 is 1.29 bits per heavy atom. The minimum atomic E-state index is -3.62. The van der Waals surface area contributed by atoms with Crippen LogP contribution in [0.3, 0.4) is 0 Å². The third kappa shape index (κ3) is 3.96. The number of carboxylic acid groups (broad SMARTS) is 1. The monoisotopic (exact) mass is 331 g/mol. The number of rotatable bonds is 4. The van der Waals surface area contributed by atoms with Crippen LogP contribution in [0.5, 0.6) is 0 Å². The van der Waals surface area contributed by atoms with E-state index in [1.165, 1.54) is 12.1 Å². The van der Waals surface area contributed by atoms with Crippen LogP contribution in [0, 0.1) is 12.8 Å². The van der Waals surface area contributed by atoms with Crippen LogP contribution in [-0.4, -0.2) is 25.5 Å². The van der Waals surface area contributed by atoms with Crippen LogP contribution < -0.4 is 4.72 Å². The van der Waals surface area contributed by atoms with E-state index >= 15 is 0 Å². The Kier molecular flexibility index (Phi) is 4.91. The number of hydrogen-bond donors (Lipinski definition) is 2. The van der Waals surface area contributed by atoms with Crippen LogP contribution in [0.4, 0.5) is 0 Å². The molecule has 0 saturated heterocycles. The van der Waals surface area contributed by atoms with Gasteiger partial charge in [0.05, 0.1) is 10.8 Å². The van der Waals surface area contributed by atoms with Crippen LogP contribution >= 0.6 is 11.6 Å². The number of halogens is 1. The van der Waals surface area contributed by atoms with Gasteiger partial charge in [0.25, 0.3) is 0 Å². The fourth-order valence-corrected chi connectivity index (χ4v) is 4.06. The summed E-state index contributed by atoms with van der Waals surface area (Å²) in [6.45, 7) is 1.80. The van der Waals surface area contributed by atoms with Crippen molar-refractivity contribution >= 4 is 27.6 Å². The average molecular weight is 332 g/mol.